The summed E-state index contributed by atoms with van der Waals surface area (Å²) in [5.41, 5.74) is 2.44. The van der Waals surface area contributed by atoms with Crippen molar-refractivity contribution in [3.05, 3.63) is 45.6 Å². The van der Waals surface area contributed by atoms with Crippen LogP contribution >= 0.6 is 11.3 Å². The van der Waals surface area contributed by atoms with E-state index in [-0.39, 0.29) is 5.91 Å². The largest absolute Gasteiger partial charge is 0.490 e. The number of thiophene rings is 1. The van der Waals surface area contributed by atoms with Crippen molar-refractivity contribution in [3.8, 4) is 11.5 Å². The lowest BCUT2D eigenvalue weighted by atomic mass is 9.98. The summed E-state index contributed by atoms with van der Waals surface area (Å²) in [6, 6.07) is 8.34. The van der Waals surface area contributed by atoms with Gasteiger partial charge in [-0.1, -0.05) is 6.07 Å². The van der Waals surface area contributed by atoms with Crippen LogP contribution in [0.5, 0.6) is 11.5 Å². The van der Waals surface area contributed by atoms with Gasteiger partial charge in [0.15, 0.2) is 11.5 Å². The van der Waals surface area contributed by atoms with Crippen molar-refractivity contribution in [2.45, 2.75) is 46.1 Å². The topological polar surface area (TPSA) is 38.8 Å². The van der Waals surface area contributed by atoms with E-state index < -0.39 is 0 Å². The molecule has 4 nitrogen and oxygen atoms in total. The molecule has 1 aromatic heterocycles. The maximum Gasteiger partial charge on any atom is 0.222 e. The van der Waals surface area contributed by atoms with E-state index in [1.807, 2.05) is 18.7 Å². The van der Waals surface area contributed by atoms with Gasteiger partial charge < -0.3 is 14.4 Å². The third-order valence-corrected chi connectivity index (χ3v) is 5.56. The highest BCUT2D eigenvalue weighted by Crippen LogP contribution is 2.34. The fraction of sp³-hybridized carbons (Fsp3) is 0.476. The molecule has 5 heteroatoms. The first-order chi connectivity index (χ1) is 12.7. The average Bonchev–Trinajstić information content (AvgIpc) is 3.15. The standard InChI is InChI=1S/C21H27NO3S/c1-3-24-19-13-16-10-11-22(15-17(16)14-20(19)25-4-2)21(23)9-5-7-18-8-6-12-26-18/h6,8,12-14H,3-5,7,9-11,15H2,1-2H3. The van der Waals surface area contributed by atoms with Gasteiger partial charge in [-0.25, -0.2) is 0 Å². The van der Waals surface area contributed by atoms with E-state index in [4.69, 9.17) is 9.47 Å². The van der Waals surface area contributed by atoms with E-state index in [0.29, 0.717) is 26.2 Å². The van der Waals surface area contributed by atoms with Crippen LogP contribution in [-0.4, -0.2) is 30.6 Å². The van der Waals surface area contributed by atoms with Gasteiger partial charge in [0.1, 0.15) is 0 Å². The number of aryl methyl sites for hydroxylation is 1. The van der Waals surface area contributed by atoms with Gasteiger partial charge in [-0.2, -0.15) is 0 Å². The van der Waals surface area contributed by atoms with Crippen molar-refractivity contribution in [1.29, 1.82) is 0 Å². The minimum Gasteiger partial charge on any atom is -0.490 e. The predicted octanol–water partition coefficient (Wildman–Crippen LogP) is 4.45. The lowest BCUT2D eigenvalue weighted by molar-refractivity contribution is -0.132. The van der Waals surface area contributed by atoms with Crippen LogP contribution in [0.3, 0.4) is 0 Å². The van der Waals surface area contributed by atoms with Crippen LogP contribution < -0.4 is 9.47 Å². The smallest absolute Gasteiger partial charge is 0.222 e. The second-order valence-electron chi connectivity index (χ2n) is 6.43. The van der Waals surface area contributed by atoms with Crippen molar-refractivity contribution >= 4 is 17.2 Å². The Morgan fingerprint density at radius 1 is 1.15 bits per heavy atom. The van der Waals surface area contributed by atoms with Crippen LogP contribution in [0.1, 0.15) is 42.7 Å². The molecule has 0 spiro atoms. The molecule has 1 aliphatic rings. The number of amides is 1. The predicted molar refractivity (Wildman–Crippen MR) is 105 cm³/mol. The molecule has 2 aromatic rings. The summed E-state index contributed by atoms with van der Waals surface area (Å²) < 4.78 is 11.4. The second kappa shape index (κ2) is 9.08. The van der Waals surface area contributed by atoms with E-state index in [1.165, 1.54) is 16.0 Å². The molecule has 0 saturated heterocycles. The van der Waals surface area contributed by atoms with Crippen LogP contribution in [0.15, 0.2) is 29.6 Å². The molecular weight excluding hydrogens is 346 g/mol. The Labute approximate surface area is 159 Å². The Hall–Kier alpha value is -2.01. The summed E-state index contributed by atoms with van der Waals surface area (Å²) in [5, 5.41) is 2.09. The zero-order valence-electron chi connectivity index (χ0n) is 15.6. The van der Waals surface area contributed by atoms with E-state index in [1.54, 1.807) is 11.3 Å². The van der Waals surface area contributed by atoms with Crippen molar-refractivity contribution in [3.63, 3.8) is 0 Å². The quantitative estimate of drug-likeness (QED) is 0.686. The number of nitrogens with zero attached hydrogens (tertiary/aromatic N) is 1. The number of carbonyl (C=O) groups is 1. The van der Waals surface area contributed by atoms with Crippen LogP contribution in [0, 0.1) is 0 Å². The molecule has 140 valence electrons. The van der Waals surface area contributed by atoms with Crippen LogP contribution in [0.25, 0.3) is 0 Å². The van der Waals surface area contributed by atoms with Gasteiger partial charge in [-0.05, 0) is 67.8 Å². The zero-order chi connectivity index (χ0) is 18.4. The molecule has 0 N–H and O–H groups in total. The normalized spacial score (nSPS) is 13.4. The van der Waals surface area contributed by atoms with Gasteiger partial charge in [0.25, 0.3) is 0 Å². The first kappa shape index (κ1) is 18.8. The van der Waals surface area contributed by atoms with Crippen molar-refractivity contribution in [2.24, 2.45) is 0 Å². The lowest BCUT2D eigenvalue weighted by Crippen LogP contribution is -2.35. The first-order valence-corrected chi connectivity index (χ1v) is 10.3. The maximum absolute atomic E-state index is 12.6. The first-order valence-electron chi connectivity index (χ1n) is 9.42. The fourth-order valence-electron chi connectivity index (χ4n) is 3.34. The van der Waals surface area contributed by atoms with E-state index in [2.05, 4.69) is 29.6 Å². The maximum atomic E-state index is 12.6. The van der Waals surface area contributed by atoms with E-state index in [0.717, 1.165) is 37.3 Å². The van der Waals surface area contributed by atoms with Crippen molar-refractivity contribution in [1.82, 2.24) is 4.90 Å². The lowest BCUT2D eigenvalue weighted by Gasteiger charge is -2.30. The number of hydrogen-bond acceptors (Lipinski definition) is 4. The molecule has 0 aliphatic carbocycles. The molecule has 0 radical (unpaired) electrons. The van der Waals surface area contributed by atoms with E-state index in [9.17, 15) is 4.79 Å². The Morgan fingerprint density at radius 2 is 1.88 bits per heavy atom. The summed E-state index contributed by atoms with van der Waals surface area (Å²) in [5.74, 6) is 1.84. The molecule has 3 rings (SSSR count). The number of carbonyl (C=O) groups excluding carboxylic acids is 1. The highest BCUT2D eigenvalue weighted by atomic mass is 32.1. The van der Waals surface area contributed by atoms with Gasteiger partial charge in [-0.3, -0.25) is 4.79 Å². The molecule has 0 unspecified atom stereocenters. The molecule has 0 fully saturated rings. The number of fused-ring (bicyclic) bond motifs is 1. The minimum atomic E-state index is 0.249. The van der Waals surface area contributed by atoms with Crippen LogP contribution in [0.4, 0.5) is 0 Å². The Kier molecular flexibility index (Phi) is 6.56. The molecular formula is C21H27NO3S. The Bertz CT molecular complexity index is 727. The van der Waals surface area contributed by atoms with E-state index >= 15 is 0 Å². The molecule has 1 aliphatic heterocycles. The summed E-state index contributed by atoms with van der Waals surface area (Å²) in [6.45, 7) is 6.62. The average molecular weight is 374 g/mol. The minimum absolute atomic E-state index is 0.249. The monoisotopic (exact) mass is 373 g/mol. The molecule has 2 heterocycles. The SMILES string of the molecule is CCOc1cc2c(cc1OCC)CN(C(=O)CCCc1cccs1)CC2. The van der Waals surface area contributed by atoms with Gasteiger partial charge in [0, 0.05) is 24.4 Å². The highest BCUT2D eigenvalue weighted by molar-refractivity contribution is 7.09. The number of hydrogen-bond donors (Lipinski definition) is 0. The zero-order valence-corrected chi connectivity index (χ0v) is 16.4. The molecule has 1 amide bonds. The van der Waals surface area contributed by atoms with Gasteiger partial charge >= 0.3 is 0 Å². The third-order valence-electron chi connectivity index (χ3n) is 4.62. The molecule has 1 aromatic carbocycles. The van der Waals surface area contributed by atoms with Gasteiger partial charge in [0.05, 0.1) is 13.2 Å². The van der Waals surface area contributed by atoms with Crippen molar-refractivity contribution in [2.75, 3.05) is 19.8 Å². The molecule has 0 atom stereocenters. The Morgan fingerprint density at radius 3 is 2.54 bits per heavy atom. The van der Waals surface area contributed by atoms with Crippen LogP contribution in [-0.2, 0) is 24.2 Å². The summed E-state index contributed by atoms with van der Waals surface area (Å²) in [6.07, 6.45) is 3.39. The van der Waals surface area contributed by atoms with Gasteiger partial charge in [-0.15, -0.1) is 11.3 Å². The summed E-state index contributed by atoms with van der Waals surface area (Å²) in [4.78, 5) is 15.9. The summed E-state index contributed by atoms with van der Waals surface area (Å²) in [7, 11) is 0. The number of benzene rings is 1. The molecule has 26 heavy (non-hydrogen) atoms. The van der Waals surface area contributed by atoms with Gasteiger partial charge in [0.2, 0.25) is 5.91 Å². The Balaban J connectivity index is 1.62. The molecule has 0 saturated carbocycles. The fourth-order valence-corrected chi connectivity index (χ4v) is 4.09. The highest BCUT2D eigenvalue weighted by Gasteiger charge is 2.22. The number of rotatable bonds is 8. The van der Waals surface area contributed by atoms with Crippen LogP contribution in [0.2, 0.25) is 0 Å². The number of ether oxygens (including phenoxy) is 2. The summed E-state index contributed by atoms with van der Waals surface area (Å²) >= 11 is 1.76. The second-order valence-corrected chi connectivity index (χ2v) is 7.46. The third kappa shape index (κ3) is 4.58. The molecule has 0 bridgehead atoms. The van der Waals surface area contributed by atoms with Crippen molar-refractivity contribution < 1.29 is 14.3 Å².